The lowest BCUT2D eigenvalue weighted by molar-refractivity contribution is -0.113. The molecular weight excluding hydrogens is 376 g/mol. The number of halogens is 2. The van der Waals surface area contributed by atoms with E-state index in [2.05, 4.69) is 15.5 Å². The van der Waals surface area contributed by atoms with Crippen molar-refractivity contribution in [2.24, 2.45) is 0 Å². The summed E-state index contributed by atoms with van der Waals surface area (Å²) in [7, 11) is 0. The van der Waals surface area contributed by atoms with Gasteiger partial charge in [-0.05, 0) is 43.2 Å². The van der Waals surface area contributed by atoms with E-state index in [4.69, 9.17) is 4.74 Å². The second-order valence-electron chi connectivity index (χ2n) is 7.12. The zero-order valence-corrected chi connectivity index (χ0v) is 15.3. The van der Waals surface area contributed by atoms with Crippen LogP contribution in [-0.4, -0.2) is 28.3 Å². The quantitative estimate of drug-likeness (QED) is 0.694. The average Bonchev–Trinajstić information content (AvgIpc) is 3.46. The fourth-order valence-corrected chi connectivity index (χ4v) is 4.09. The first-order valence-corrected chi connectivity index (χ1v) is 9.37. The predicted octanol–water partition coefficient (Wildman–Crippen LogP) is 4.31. The molecule has 1 aromatic heterocycles. The molecule has 2 N–H and O–H groups in total. The Labute approximate surface area is 165 Å². The summed E-state index contributed by atoms with van der Waals surface area (Å²) in [6, 6.07) is 12.0. The van der Waals surface area contributed by atoms with Gasteiger partial charge < -0.3 is 10.1 Å². The number of benzene rings is 2. The number of carbonyl (C=O) groups excluding carboxylic acids is 1. The second kappa shape index (κ2) is 6.93. The van der Waals surface area contributed by atoms with Crippen LogP contribution in [0.4, 0.5) is 14.5 Å². The zero-order chi connectivity index (χ0) is 20.0. The van der Waals surface area contributed by atoms with Crippen molar-refractivity contribution in [3.8, 4) is 11.1 Å². The molecule has 2 aromatic carbocycles. The van der Waals surface area contributed by atoms with Crippen LogP contribution in [0, 0.1) is 11.6 Å². The standard InChI is InChI=1S/C22H17F2N3O2/c23-15-4-2-1-3-13(15)14-6-5-12(11-16(14)24)26-22(28)21-19-8-7-18(29-19)20(21)17-9-10-25-27-17/h1-6,9-11,18-19H,7-8H2,(H,25,27)(H,26,28)/t18-,19-/m0/s1. The van der Waals surface area contributed by atoms with E-state index in [1.54, 1.807) is 30.5 Å². The van der Waals surface area contributed by atoms with Crippen molar-refractivity contribution in [1.29, 1.82) is 0 Å². The largest absolute Gasteiger partial charge is 0.365 e. The first kappa shape index (κ1) is 17.8. The third-order valence-corrected chi connectivity index (χ3v) is 5.38. The minimum absolute atomic E-state index is 0.138. The molecule has 2 aliphatic heterocycles. The molecule has 0 radical (unpaired) electrons. The van der Waals surface area contributed by atoms with E-state index in [1.807, 2.05) is 0 Å². The van der Waals surface area contributed by atoms with Crippen LogP contribution in [0.1, 0.15) is 18.5 Å². The molecule has 29 heavy (non-hydrogen) atoms. The number of fused-ring (bicyclic) bond motifs is 2. The molecule has 3 aromatic rings. The van der Waals surface area contributed by atoms with Gasteiger partial charge in [0.15, 0.2) is 0 Å². The number of aromatic amines is 1. The molecular formula is C22H17F2N3O2. The Bertz CT molecular complexity index is 1120. The summed E-state index contributed by atoms with van der Waals surface area (Å²) in [6.45, 7) is 0. The molecule has 0 saturated carbocycles. The smallest absolute Gasteiger partial charge is 0.254 e. The molecule has 2 aliphatic rings. The lowest BCUT2D eigenvalue weighted by atomic mass is 9.89. The monoisotopic (exact) mass is 393 g/mol. The number of hydrogen-bond acceptors (Lipinski definition) is 3. The Kier molecular flexibility index (Phi) is 4.24. The third-order valence-electron chi connectivity index (χ3n) is 5.38. The lowest BCUT2D eigenvalue weighted by Gasteiger charge is -2.16. The number of aromatic nitrogens is 2. The summed E-state index contributed by atoms with van der Waals surface area (Å²) < 4.78 is 34.5. The molecule has 1 saturated heterocycles. The van der Waals surface area contributed by atoms with E-state index in [-0.39, 0.29) is 29.2 Å². The van der Waals surface area contributed by atoms with Crippen molar-refractivity contribution in [3.05, 3.63) is 77.6 Å². The van der Waals surface area contributed by atoms with Crippen molar-refractivity contribution in [2.75, 3.05) is 5.32 Å². The Hall–Kier alpha value is -3.32. The zero-order valence-electron chi connectivity index (χ0n) is 15.3. The normalized spacial score (nSPS) is 20.3. The van der Waals surface area contributed by atoms with Crippen molar-refractivity contribution in [1.82, 2.24) is 10.2 Å². The van der Waals surface area contributed by atoms with Crippen LogP contribution in [0.2, 0.25) is 0 Å². The van der Waals surface area contributed by atoms with Gasteiger partial charge in [-0.1, -0.05) is 18.2 Å². The molecule has 3 heterocycles. The highest BCUT2D eigenvalue weighted by molar-refractivity contribution is 6.11. The van der Waals surface area contributed by atoms with Crippen molar-refractivity contribution in [3.63, 3.8) is 0 Å². The maximum absolute atomic E-state index is 14.6. The highest BCUT2D eigenvalue weighted by atomic mass is 19.1. The molecule has 1 fully saturated rings. The maximum atomic E-state index is 14.6. The van der Waals surface area contributed by atoms with Crippen LogP contribution >= 0.6 is 0 Å². The fourth-order valence-electron chi connectivity index (χ4n) is 4.09. The number of ether oxygens (including phenoxy) is 1. The third kappa shape index (κ3) is 3.03. The highest BCUT2D eigenvalue weighted by Crippen LogP contribution is 2.44. The second-order valence-corrected chi connectivity index (χ2v) is 7.12. The molecule has 2 bridgehead atoms. The topological polar surface area (TPSA) is 67.0 Å². The van der Waals surface area contributed by atoms with E-state index in [1.165, 1.54) is 24.3 Å². The summed E-state index contributed by atoms with van der Waals surface area (Å²) >= 11 is 0. The van der Waals surface area contributed by atoms with E-state index in [0.29, 0.717) is 11.3 Å². The van der Waals surface area contributed by atoms with Gasteiger partial charge in [-0.15, -0.1) is 0 Å². The molecule has 7 heteroatoms. The molecule has 0 spiro atoms. The summed E-state index contributed by atoms with van der Waals surface area (Å²) in [5.74, 6) is -1.45. The number of nitrogens with one attached hydrogen (secondary N) is 2. The van der Waals surface area contributed by atoms with Crippen molar-refractivity contribution < 1.29 is 18.3 Å². The number of anilines is 1. The van der Waals surface area contributed by atoms with Crippen LogP contribution in [0.3, 0.4) is 0 Å². The molecule has 5 nitrogen and oxygen atoms in total. The first-order valence-electron chi connectivity index (χ1n) is 9.37. The van der Waals surface area contributed by atoms with Gasteiger partial charge in [-0.3, -0.25) is 9.89 Å². The first-order chi connectivity index (χ1) is 14.1. The van der Waals surface area contributed by atoms with E-state index >= 15 is 0 Å². The summed E-state index contributed by atoms with van der Waals surface area (Å²) in [6.07, 6.45) is 2.83. The van der Waals surface area contributed by atoms with Crippen LogP contribution in [0.5, 0.6) is 0 Å². The minimum Gasteiger partial charge on any atom is -0.365 e. The van der Waals surface area contributed by atoms with Crippen molar-refractivity contribution >= 4 is 17.2 Å². The lowest BCUT2D eigenvalue weighted by Crippen LogP contribution is -2.23. The fraction of sp³-hybridized carbons (Fsp3) is 0.182. The van der Waals surface area contributed by atoms with Gasteiger partial charge in [0.05, 0.1) is 23.5 Å². The average molecular weight is 393 g/mol. The van der Waals surface area contributed by atoms with Crippen LogP contribution in [-0.2, 0) is 9.53 Å². The predicted molar refractivity (Wildman–Crippen MR) is 104 cm³/mol. The number of amides is 1. The summed E-state index contributed by atoms with van der Waals surface area (Å²) in [5.41, 5.74) is 2.72. The van der Waals surface area contributed by atoms with Gasteiger partial charge in [0.1, 0.15) is 11.6 Å². The SMILES string of the molecule is O=C(Nc1ccc(-c2ccccc2F)c(F)c1)C1=C(c2ccn[nH]2)[C@@H]2CC[C@@H]1O2. The van der Waals surface area contributed by atoms with Gasteiger partial charge in [0.2, 0.25) is 0 Å². The minimum atomic E-state index is -0.611. The van der Waals surface area contributed by atoms with Gasteiger partial charge in [-0.25, -0.2) is 8.78 Å². The Morgan fingerprint density at radius 2 is 1.83 bits per heavy atom. The molecule has 2 atom stereocenters. The molecule has 5 rings (SSSR count). The highest BCUT2D eigenvalue weighted by Gasteiger charge is 2.44. The molecule has 0 aliphatic carbocycles. The van der Waals surface area contributed by atoms with Crippen LogP contribution in [0.15, 0.2) is 60.3 Å². The number of hydrogen-bond donors (Lipinski definition) is 2. The van der Waals surface area contributed by atoms with E-state index in [9.17, 15) is 13.6 Å². The Morgan fingerprint density at radius 3 is 2.59 bits per heavy atom. The Morgan fingerprint density at radius 1 is 1.03 bits per heavy atom. The summed E-state index contributed by atoms with van der Waals surface area (Å²) in [4.78, 5) is 13.0. The van der Waals surface area contributed by atoms with Gasteiger partial charge in [0.25, 0.3) is 5.91 Å². The summed E-state index contributed by atoms with van der Waals surface area (Å²) in [5, 5.41) is 9.60. The van der Waals surface area contributed by atoms with Crippen molar-refractivity contribution in [2.45, 2.75) is 25.0 Å². The Balaban J connectivity index is 1.44. The molecule has 146 valence electrons. The number of H-pyrrole nitrogens is 1. The van der Waals surface area contributed by atoms with E-state index < -0.39 is 11.6 Å². The number of rotatable bonds is 4. The van der Waals surface area contributed by atoms with Gasteiger partial charge in [0, 0.05) is 28.6 Å². The van der Waals surface area contributed by atoms with Gasteiger partial charge >= 0.3 is 0 Å². The maximum Gasteiger partial charge on any atom is 0.254 e. The van der Waals surface area contributed by atoms with E-state index in [0.717, 1.165) is 24.1 Å². The molecule has 1 amide bonds. The van der Waals surface area contributed by atoms with Crippen LogP contribution in [0.25, 0.3) is 16.7 Å². The van der Waals surface area contributed by atoms with Crippen LogP contribution < -0.4 is 5.32 Å². The van der Waals surface area contributed by atoms with Gasteiger partial charge in [-0.2, -0.15) is 5.10 Å². The number of nitrogens with zero attached hydrogens (tertiary/aromatic N) is 1. The molecule has 0 unspecified atom stereocenters. The number of carbonyl (C=O) groups is 1.